The van der Waals surface area contributed by atoms with Gasteiger partial charge in [0, 0.05) is 8.95 Å². The zero-order valence-corrected chi connectivity index (χ0v) is 13.4. The molecule has 100 valence electrons. The van der Waals surface area contributed by atoms with Gasteiger partial charge in [0.1, 0.15) is 10.7 Å². The van der Waals surface area contributed by atoms with Crippen molar-refractivity contribution < 1.29 is 12.8 Å². The number of rotatable bonds is 3. The van der Waals surface area contributed by atoms with Gasteiger partial charge < -0.3 is 0 Å². The third-order valence-corrected chi connectivity index (χ3v) is 5.34. The second-order valence-corrected chi connectivity index (χ2v) is 7.02. The predicted octanol–water partition coefficient (Wildman–Crippen LogP) is 4.15. The Labute approximate surface area is 127 Å². The van der Waals surface area contributed by atoms with Crippen LogP contribution in [0.2, 0.25) is 0 Å². The summed E-state index contributed by atoms with van der Waals surface area (Å²) in [5, 5.41) is 0. The van der Waals surface area contributed by atoms with Crippen molar-refractivity contribution >= 4 is 47.6 Å². The van der Waals surface area contributed by atoms with Crippen molar-refractivity contribution in [2.24, 2.45) is 0 Å². The van der Waals surface area contributed by atoms with E-state index in [0.717, 1.165) is 12.1 Å². The van der Waals surface area contributed by atoms with Gasteiger partial charge in [0.2, 0.25) is 0 Å². The first-order chi connectivity index (χ1) is 8.90. The Balaban J connectivity index is 2.41. The summed E-state index contributed by atoms with van der Waals surface area (Å²) in [6.45, 7) is 0. The molecule has 0 fully saturated rings. The maximum absolute atomic E-state index is 13.0. The third kappa shape index (κ3) is 3.34. The topological polar surface area (TPSA) is 46.2 Å². The Morgan fingerprint density at radius 1 is 1.00 bits per heavy atom. The molecule has 0 aliphatic rings. The lowest BCUT2D eigenvalue weighted by Crippen LogP contribution is -2.14. The number of benzene rings is 2. The molecule has 0 radical (unpaired) electrons. The minimum Gasteiger partial charge on any atom is -0.278 e. The highest BCUT2D eigenvalue weighted by molar-refractivity contribution is 9.11. The van der Waals surface area contributed by atoms with E-state index in [2.05, 4.69) is 36.6 Å². The van der Waals surface area contributed by atoms with Crippen molar-refractivity contribution in [3.63, 3.8) is 0 Å². The van der Waals surface area contributed by atoms with E-state index in [1.807, 2.05) is 0 Å². The van der Waals surface area contributed by atoms with Crippen molar-refractivity contribution in [2.75, 3.05) is 4.72 Å². The molecule has 0 bridgehead atoms. The van der Waals surface area contributed by atoms with Crippen LogP contribution in [-0.2, 0) is 10.0 Å². The smallest absolute Gasteiger partial charge is 0.263 e. The minimum atomic E-state index is -3.78. The van der Waals surface area contributed by atoms with Crippen LogP contribution in [0.25, 0.3) is 0 Å². The molecule has 0 spiro atoms. The first kappa shape index (κ1) is 14.5. The fourth-order valence-electron chi connectivity index (χ4n) is 1.44. The molecule has 2 aromatic carbocycles. The SMILES string of the molecule is O=S(=O)(Nc1ccccc1Br)c1ccc(F)cc1Br. The second-order valence-electron chi connectivity index (χ2n) is 3.66. The summed E-state index contributed by atoms with van der Waals surface area (Å²) in [5.41, 5.74) is 0.415. The average Bonchev–Trinajstić information content (AvgIpc) is 2.31. The summed E-state index contributed by atoms with van der Waals surface area (Å²) in [4.78, 5) is -0.0235. The van der Waals surface area contributed by atoms with Crippen LogP contribution in [0.1, 0.15) is 0 Å². The molecule has 0 unspecified atom stereocenters. The first-order valence-corrected chi connectivity index (χ1v) is 8.19. The van der Waals surface area contributed by atoms with Crippen LogP contribution in [0.3, 0.4) is 0 Å². The van der Waals surface area contributed by atoms with Gasteiger partial charge in [-0.05, 0) is 62.2 Å². The van der Waals surface area contributed by atoms with Gasteiger partial charge in [-0.25, -0.2) is 12.8 Å². The molecule has 1 N–H and O–H groups in total. The Morgan fingerprint density at radius 3 is 2.32 bits per heavy atom. The summed E-state index contributed by atoms with van der Waals surface area (Å²) in [6.07, 6.45) is 0. The number of hydrogen-bond acceptors (Lipinski definition) is 2. The number of hydrogen-bond donors (Lipinski definition) is 1. The Kier molecular flexibility index (Phi) is 4.27. The van der Waals surface area contributed by atoms with Gasteiger partial charge >= 0.3 is 0 Å². The second kappa shape index (κ2) is 5.60. The van der Waals surface area contributed by atoms with Crippen molar-refractivity contribution in [2.45, 2.75) is 4.90 Å². The van der Waals surface area contributed by atoms with Gasteiger partial charge in [0.15, 0.2) is 0 Å². The van der Waals surface area contributed by atoms with E-state index in [9.17, 15) is 12.8 Å². The molecule has 7 heteroatoms. The third-order valence-electron chi connectivity index (χ3n) is 2.30. The van der Waals surface area contributed by atoms with Crippen LogP contribution in [0, 0.1) is 5.82 Å². The lowest BCUT2D eigenvalue weighted by atomic mass is 10.3. The molecular formula is C12H8Br2FNO2S. The van der Waals surface area contributed by atoms with Crippen LogP contribution in [0.4, 0.5) is 10.1 Å². The van der Waals surface area contributed by atoms with E-state index in [0.29, 0.717) is 10.2 Å². The van der Waals surface area contributed by atoms with Crippen LogP contribution in [-0.4, -0.2) is 8.42 Å². The summed E-state index contributed by atoms with van der Waals surface area (Å²) >= 11 is 6.30. The maximum atomic E-state index is 13.0. The van der Waals surface area contributed by atoms with Crippen molar-refractivity contribution in [3.8, 4) is 0 Å². The Hall–Kier alpha value is -0.920. The maximum Gasteiger partial charge on any atom is 0.263 e. The van der Waals surface area contributed by atoms with Gasteiger partial charge in [0.05, 0.1) is 5.69 Å². The lowest BCUT2D eigenvalue weighted by molar-refractivity contribution is 0.599. The highest BCUT2D eigenvalue weighted by Gasteiger charge is 2.19. The lowest BCUT2D eigenvalue weighted by Gasteiger charge is -2.10. The highest BCUT2D eigenvalue weighted by Crippen LogP contribution is 2.28. The van der Waals surface area contributed by atoms with Crippen molar-refractivity contribution in [1.82, 2.24) is 0 Å². The van der Waals surface area contributed by atoms with E-state index in [-0.39, 0.29) is 9.37 Å². The normalized spacial score (nSPS) is 11.3. The summed E-state index contributed by atoms with van der Waals surface area (Å²) in [7, 11) is -3.78. The monoisotopic (exact) mass is 407 g/mol. The molecule has 19 heavy (non-hydrogen) atoms. The Morgan fingerprint density at radius 2 is 1.68 bits per heavy atom. The van der Waals surface area contributed by atoms with E-state index in [1.165, 1.54) is 6.07 Å². The molecular weight excluding hydrogens is 401 g/mol. The van der Waals surface area contributed by atoms with Gasteiger partial charge in [0.25, 0.3) is 10.0 Å². The molecule has 0 atom stereocenters. The van der Waals surface area contributed by atoms with E-state index < -0.39 is 15.8 Å². The van der Waals surface area contributed by atoms with Crippen LogP contribution >= 0.6 is 31.9 Å². The van der Waals surface area contributed by atoms with Crippen molar-refractivity contribution in [1.29, 1.82) is 0 Å². The molecule has 0 aliphatic carbocycles. The van der Waals surface area contributed by atoms with E-state index in [4.69, 9.17) is 0 Å². The fourth-order valence-corrected chi connectivity index (χ4v) is 4.08. The predicted molar refractivity (Wildman–Crippen MR) is 79.1 cm³/mol. The van der Waals surface area contributed by atoms with Crippen LogP contribution < -0.4 is 4.72 Å². The van der Waals surface area contributed by atoms with Crippen LogP contribution in [0.5, 0.6) is 0 Å². The van der Waals surface area contributed by atoms with E-state index in [1.54, 1.807) is 24.3 Å². The fraction of sp³-hybridized carbons (Fsp3) is 0. The molecule has 2 rings (SSSR count). The molecule has 0 amide bonds. The molecule has 0 aliphatic heterocycles. The molecule has 0 saturated heterocycles. The van der Waals surface area contributed by atoms with Crippen molar-refractivity contribution in [3.05, 3.63) is 57.2 Å². The van der Waals surface area contributed by atoms with Gasteiger partial charge in [-0.1, -0.05) is 12.1 Å². The first-order valence-electron chi connectivity index (χ1n) is 5.12. The summed E-state index contributed by atoms with van der Waals surface area (Å²) < 4.78 is 40.6. The summed E-state index contributed by atoms with van der Waals surface area (Å²) in [6, 6.07) is 10.2. The number of anilines is 1. The molecule has 3 nitrogen and oxygen atoms in total. The number of nitrogens with one attached hydrogen (secondary N) is 1. The van der Waals surface area contributed by atoms with Gasteiger partial charge in [-0.2, -0.15) is 0 Å². The number of halogens is 3. The zero-order valence-electron chi connectivity index (χ0n) is 9.40. The highest BCUT2D eigenvalue weighted by atomic mass is 79.9. The largest absolute Gasteiger partial charge is 0.278 e. The molecule has 0 aromatic heterocycles. The minimum absolute atomic E-state index is 0.0235. The standard InChI is InChI=1S/C12H8Br2FNO2S/c13-9-3-1-2-4-11(9)16-19(17,18)12-6-5-8(15)7-10(12)14/h1-7,16H. The Bertz CT molecular complexity index is 719. The van der Waals surface area contributed by atoms with E-state index >= 15 is 0 Å². The average molecular weight is 409 g/mol. The summed E-state index contributed by atoms with van der Waals surface area (Å²) in [5.74, 6) is -0.508. The van der Waals surface area contributed by atoms with Gasteiger partial charge in [-0.3, -0.25) is 4.72 Å². The molecule has 0 heterocycles. The molecule has 0 saturated carbocycles. The van der Waals surface area contributed by atoms with Crippen LogP contribution in [0.15, 0.2) is 56.3 Å². The molecule has 2 aromatic rings. The number of para-hydroxylation sites is 1. The number of sulfonamides is 1. The zero-order chi connectivity index (χ0) is 14.0. The van der Waals surface area contributed by atoms with Gasteiger partial charge in [-0.15, -0.1) is 0 Å². The quantitative estimate of drug-likeness (QED) is 0.828.